The summed E-state index contributed by atoms with van der Waals surface area (Å²) in [6.45, 7) is -1.18. The van der Waals surface area contributed by atoms with Crippen LogP contribution >= 0.6 is 0 Å². The molecule has 0 aliphatic heterocycles. The summed E-state index contributed by atoms with van der Waals surface area (Å²) in [5, 5.41) is 0. The highest BCUT2D eigenvalue weighted by Gasteiger charge is 2.92. The van der Waals surface area contributed by atoms with Gasteiger partial charge in [0.2, 0.25) is 0 Å². The third-order valence-electron chi connectivity index (χ3n) is 7.67. The molecule has 0 amide bonds. The third kappa shape index (κ3) is 11.9. The van der Waals surface area contributed by atoms with Crippen molar-refractivity contribution < 1.29 is 102 Å². The number of nitrogens with zero attached hydrogens (tertiary/aromatic N) is 2. The fraction of sp³-hybridized carbons (Fsp3) is 0.688. The summed E-state index contributed by atoms with van der Waals surface area (Å²) in [5.74, 6) is -33.3. The Morgan fingerprint density at radius 3 is 1.65 bits per heavy atom. The number of hydrogen-bond donors (Lipinski definition) is 0. The van der Waals surface area contributed by atoms with Crippen LogP contribution in [-0.4, -0.2) is 84.1 Å². The number of unbranched alkanes of at least 4 members (excludes halogenated alkanes) is 6. The molecule has 2 aromatic rings. The Labute approximate surface area is 311 Å². The molecule has 1 heterocycles. The standard InChI is InChI=1S/C32H33F19N2O4/c1-2-3-4-5-6-7-11-20-18-21(23-52-14-10-15-53-23)12-13-22(20)55-17-9-8-16-54-19-24(33,34)56-31(48,49)32(50,51)57-30(46,47)28(41,42)26(37,38)25(35,36)27(39,40)29(43,44)45/h10,12-15,18H,2-9,11,16-17,19H2,1H3. The third-order valence-corrected chi connectivity index (χ3v) is 7.67. The molecule has 0 radical (unpaired) electrons. The van der Waals surface area contributed by atoms with Crippen molar-refractivity contribution in [2.24, 2.45) is 0 Å². The van der Waals surface area contributed by atoms with Crippen LogP contribution in [-0.2, 0) is 20.6 Å². The van der Waals surface area contributed by atoms with Crippen LogP contribution in [0.15, 0.2) is 36.7 Å². The van der Waals surface area contributed by atoms with Crippen LogP contribution in [0.4, 0.5) is 83.4 Å². The molecule has 0 bridgehead atoms. The fourth-order valence-electron chi connectivity index (χ4n) is 4.59. The zero-order valence-electron chi connectivity index (χ0n) is 29.2. The Balaban J connectivity index is 1.99. The first-order chi connectivity index (χ1) is 25.9. The number of hydrogen-bond acceptors (Lipinski definition) is 6. The molecule has 328 valence electrons. The Kier molecular flexibility index (Phi) is 16.3. The average molecular weight is 871 g/mol. The van der Waals surface area contributed by atoms with Gasteiger partial charge in [-0.2, -0.15) is 83.4 Å². The van der Waals surface area contributed by atoms with Gasteiger partial charge in [0, 0.05) is 24.6 Å². The van der Waals surface area contributed by atoms with E-state index in [0.717, 1.165) is 44.1 Å². The monoisotopic (exact) mass is 870 g/mol. The first-order valence-corrected chi connectivity index (χ1v) is 16.5. The van der Waals surface area contributed by atoms with Gasteiger partial charge in [-0.1, -0.05) is 39.0 Å². The smallest absolute Gasteiger partial charge is 0.460 e. The van der Waals surface area contributed by atoms with Gasteiger partial charge in [-0.3, -0.25) is 0 Å². The summed E-state index contributed by atoms with van der Waals surface area (Å²) in [6.07, 6.45) is -27.2. The second-order valence-electron chi connectivity index (χ2n) is 12.2. The van der Waals surface area contributed by atoms with E-state index in [0.29, 0.717) is 23.6 Å². The van der Waals surface area contributed by atoms with E-state index in [4.69, 9.17) is 4.74 Å². The van der Waals surface area contributed by atoms with E-state index in [1.54, 1.807) is 18.2 Å². The number of halogens is 19. The van der Waals surface area contributed by atoms with Crippen LogP contribution in [0.1, 0.15) is 63.9 Å². The van der Waals surface area contributed by atoms with Crippen molar-refractivity contribution in [3.8, 4) is 17.1 Å². The number of aryl methyl sites for hydroxylation is 1. The maximum atomic E-state index is 13.9. The van der Waals surface area contributed by atoms with Gasteiger partial charge in [-0.25, -0.2) is 19.4 Å². The maximum Gasteiger partial charge on any atom is 0.460 e. The molecule has 0 saturated carbocycles. The Bertz CT molecular complexity index is 1540. The van der Waals surface area contributed by atoms with Crippen molar-refractivity contribution in [1.82, 2.24) is 9.97 Å². The van der Waals surface area contributed by atoms with E-state index in [1.165, 1.54) is 17.1 Å². The minimum atomic E-state index is -8.70. The summed E-state index contributed by atoms with van der Waals surface area (Å²) >= 11 is 0. The number of ether oxygens (including phenoxy) is 4. The number of alkyl halides is 19. The van der Waals surface area contributed by atoms with Gasteiger partial charge in [-0.15, -0.1) is 0 Å². The molecule has 1 aromatic heterocycles. The molecule has 6 nitrogen and oxygen atoms in total. The van der Waals surface area contributed by atoms with Crippen LogP contribution < -0.4 is 4.74 Å². The van der Waals surface area contributed by atoms with E-state index in [1.807, 2.05) is 6.07 Å². The Morgan fingerprint density at radius 1 is 0.544 bits per heavy atom. The average Bonchev–Trinajstić information content (AvgIpc) is 3.08. The summed E-state index contributed by atoms with van der Waals surface area (Å²) in [7, 11) is 0. The van der Waals surface area contributed by atoms with Crippen molar-refractivity contribution in [3.05, 3.63) is 42.2 Å². The predicted molar refractivity (Wildman–Crippen MR) is 158 cm³/mol. The summed E-state index contributed by atoms with van der Waals surface area (Å²) in [5.41, 5.74) is 1.46. The molecule has 0 unspecified atom stereocenters. The van der Waals surface area contributed by atoms with Gasteiger partial charge in [0.05, 0.1) is 6.61 Å². The lowest BCUT2D eigenvalue weighted by Gasteiger charge is -2.40. The number of aromatic nitrogens is 2. The van der Waals surface area contributed by atoms with E-state index in [9.17, 15) is 83.4 Å². The molecule has 0 saturated heterocycles. The highest BCUT2D eigenvalue weighted by molar-refractivity contribution is 5.58. The van der Waals surface area contributed by atoms with Crippen LogP contribution in [0.2, 0.25) is 0 Å². The fourth-order valence-corrected chi connectivity index (χ4v) is 4.59. The van der Waals surface area contributed by atoms with Crippen molar-refractivity contribution in [2.75, 3.05) is 19.8 Å². The molecule has 25 heteroatoms. The van der Waals surface area contributed by atoms with E-state index >= 15 is 0 Å². The second kappa shape index (κ2) is 18.7. The summed E-state index contributed by atoms with van der Waals surface area (Å²) in [4.78, 5) is 8.37. The first-order valence-electron chi connectivity index (χ1n) is 16.5. The summed E-state index contributed by atoms with van der Waals surface area (Å²) in [6, 6.07) is 6.74. The molecule has 57 heavy (non-hydrogen) atoms. The lowest BCUT2D eigenvalue weighted by atomic mass is 9.97. The minimum Gasteiger partial charge on any atom is -0.493 e. The molecular formula is C32H33F19N2O4. The lowest BCUT2D eigenvalue weighted by Crippen LogP contribution is -2.71. The van der Waals surface area contributed by atoms with Gasteiger partial charge >= 0.3 is 54.3 Å². The van der Waals surface area contributed by atoms with Crippen LogP contribution in [0, 0.1) is 0 Å². The largest absolute Gasteiger partial charge is 0.493 e. The Hall–Kier alpha value is -3.35. The van der Waals surface area contributed by atoms with Crippen molar-refractivity contribution in [2.45, 2.75) is 119 Å². The first kappa shape index (κ1) is 49.8. The molecule has 0 atom stereocenters. The molecule has 0 fully saturated rings. The lowest BCUT2D eigenvalue weighted by molar-refractivity contribution is -0.544. The SMILES string of the molecule is CCCCCCCCc1cc(-c2ncccn2)ccc1OCCCCOCC(F)(F)OC(F)(F)C(F)(F)OC(F)(F)C(F)(F)C(F)(F)C(F)(F)C(F)(F)C(F)(F)F. The quantitative estimate of drug-likeness (QED) is 0.0732. The molecule has 1 aromatic carbocycles. The maximum absolute atomic E-state index is 13.9. The molecule has 2 rings (SSSR count). The van der Waals surface area contributed by atoms with E-state index < -0.39 is 67.5 Å². The van der Waals surface area contributed by atoms with Crippen molar-refractivity contribution in [3.63, 3.8) is 0 Å². The zero-order valence-corrected chi connectivity index (χ0v) is 29.2. The molecular weight excluding hydrogens is 837 g/mol. The van der Waals surface area contributed by atoms with Gasteiger partial charge in [-0.05, 0) is 55.5 Å². The summed E-state index contributed by atoms with van der Waals surface area (Å²) < 4.78 is 267. The molecule has 0 aliphatic rings. The molecule has 0 spiro atoms. The molecule has 0 N–H and O–H groups in total. The minimum absolute atomic E-state index is 0.0242. The van der Waals surface area contributed by atoms with Gasteiger partial charge in [0.1, 0.15) is 12.4 Å². The topological polar surface area (TPSA) is 62.7 Å². The van der Waals surface area contributed by atoms with Gasteiger partial charge < -0.3 is 9.47 Å². The second-order valence-corrected chi connectivity index (χ2v) is 12.2. The van der Waals surface area contributed by atoms with E-state index in [2.05, 4.69) is 26.4 Å². The number of rotatable bonds is 25. The van der Waals surface area contributed by atoms with Crippen LogP contribution in [0.5, 0.6) is 5.75 Å². The van der Waals surface area contributed by atoms with Crippen LogP contribution in [0.25, 0.3) is 11.4 Å². The van der Waals surface area contributed by atoms with Crippen molar-refractivity contribution in [1.29, 1.82) is 0 Å². The van der Waals surface area contributed by atoms with Gasteiger partial charge in [0.15, 0.2) is 5.82 Å². The molecule has 0 aliphatic carbocycles. The zero-order chi connectivity index (χ0) is 43.8. The normalized spacial score (nSPS) is 14.3. The highest BCUT2D eigenvalue weighted by atomic mass is 19.4. The Morgan fingerprint density at radius 2 is 1.07 bits per heavy atom. The van der Waals surface area contributed by atoms with E-state index in [-0.39, 0.29) is 19.4 Å². The van der Waals surface area contributed by atoms with Crippen molar-refractivity contribution >= 4 is 0 Å². The number of benzene rings is 1. The highest BCUT2D eigenvalue weighted by Crippen LogP contribution is 2.61. The predicted octanol–water partition coefficient (Wildman–Crippen LogP) is 11.7. The van der Waals surface area contributed by atoms with Gasteiger partial charge in [0.25, 0.3) is 0 Å². The van der Waals surface area contributed by atoms with Crippen LogP contribution in [0.3, 0.4) is 0 Å².